The van der Waals surface area contributed by atoms with E-state index in [0.29, 0.717) is 6.61 Å². The Morgan fingerprint density at radius 3 is 2.60 bits per heavy atom. The van der Waals surface area contributed by atoms with E-state index in [-0.39, 0.29) is 5.97 Å². The first-order chi connectivity index (χ1) is 7.31. The smallest absolute Gasteiger partial charge is 0.330 e. The van der Waals surface area contributed by atoms with Gasteiger partial charge in [0.25, 0.3) is 0 Å². The monoisotopic (exact) mass is 210 g/mol. The lowest BCUT2D eigenvalue weighted by atomic mass is 10.1. The molecule has 0 aliphatic carbocycles. The van der Waals surface area contributed by atoms with Crippen LogP contribution in [0.3, 0.4) is 0 Å². The van der Waals surface area contributed by atoms with E-state index in [9.17, 15) is 4.79 Å². The number of ether oxygens (including phenoxy) is 1. The maximum absolute atomic E-state index is 10.6. The van der Waals surface area contributed by atoms with Gasteiger partial charge in [0, 0.05) is 6.08 Å². The van der Waals surface area contributed by atoms with Crippen molar-refractivity contribution in [3.05, 3.63) is 24.8 Å². The van der Waals surface area contributed by atoms with E-state index in [0.717, 1.165) is 6.42 Å². The number of carbonyl (C=O) groups excluding carboxylic acids is 1. The number of hydrogen-bond acceptors (Lipinski definition) is 2. The second-order valence-electron chi connectivity index (χ2n) is 3.51. The van der Waals surface area contributed by atoms with Crippen LogP contribution in [-0.2, 0) is 9.53 Å². The lowest BCUT2D eigenvalue weighted by Gasteiger charge is -1.97. The highest BCUT2D eigenvalue weighted by atomic mass is 16.5. The topological polar surface area (TPSA) is 26.3 Å². The number of esters is 1. The van der Waals surface area contributed by atoms with Gasteiger partial charge in [0.1, 0.15) is 6.61 Å². The van der Waals surface area contributed by atoms with Gasteiger partial charge in [0.15, 0.2) is 0 Å². The van der Waals surface area contributed by atoms with E-state index in [4.69, 9.17) is 4.74 Å². The lowest BCUT2D eigenvalue weighted by Crippen LogP contribution is -1.98. The normalized spacial score (nSPS) is 10.5. The van der Waals surface area contributed by atoms with Crippen LogP contribution in [-0.4, -0.2) is 12.6 Å². The van der Waals surface area contributed by atoms with Crippen molar-refractivity contribution in [3.8, 4) is 0 Å². The van der Waals surface area contributed by atoms with Gasteiger partial charge in [-0.25, -0.2) is 4.79 Å². The zero-order chi connectivity index (χ0) is 11.4. The van der Waals surface area contributed by atoms with Gasteiger partial charge in [-0.05, 0) is 12.8 Å². The molecule has 2 nitrogen and oxygen atoms in total. The van der Waals surface area contributed by atoms with Crippen molar-refractivity contribution in [2.45, 2.75) is 45.4 Å². The third-order valence-electron chi connectivity index (χ3n) is 2.13. The fraction of sp³-hybridized carbons (Fsp3) is 0.615. The van der Waals surface area contributed by atoms with E-state index >= 15 is 0 Å². The summed E-state index contributed by atoms with van der Waals surface area (Å²) in [4.78, 5) is 10.6. The van der Waals surface area contributed by atoms with Crippen LogP contribution in [0.1, 0.15) is 45.4 Å². The maximum Gasteiger partial charge on any atom is 0.330 e. The van der Waals surface area contributed by atoms with Crippen LogP contribution in [0.2, 0.25) is 0 Å². The molecule has 0 saturated carbocycles. The highest BCUT2D eigenvalue weighted by Crippen LogP contribution is 2.05. The summed E-state index contributed by atoms with van der Waals surface area (Å²) >= 11 is 0. The number of carbonyl (C=O) groups is 1. The molecule has 0 amide bonds. The summed E-state index contributed by atoms with van der Waals surface area (Å²) in [5, 5.41) is 0. The Morgan fingerprint density at radius 1 is 1.20 bits per heavy atom. The molecule has 0 fully saturated rings. The first kappa shape index (κ1) is 13.9. The van der Waals surface area contributed by atoms with Crippen LogP contribution in [0.4, 0.5) is 0 Å². The van der Waals surface area contributed by atoms with Crippen LogP contribution in [0.25, 0.3) is 0 Å². The molecule has 0 heterocycles. The summed E-state index contributed by atoms with van der Waals surface area (Å²) in [7, 11) is 0. The molecule has 2 heteroatoms. The van der Waals surface area contributed by atoms with Gasteiger partial charge in [-0.1, -0.05) is 51.3 Å². The second-order valence-corrected chi connectivity index (χ2v) is 3.51. The van der Waals surface area contributed by atoms with Crippen LogP contribution < -0.4 is 0 Å². The van der Waals surface area contributed by atoms with E-state index < -0.39 is 0 Å². The Morgan fingerprint density at radius 2 is 1.93 bits per heavy atom. The zero-order valence-corrected chi connectivity index (χ0v) is 9.71. The Kier molecular flexibility index (Phi) is 10.3. The van der Waals surface area contributed by atoms with Crippen molar-refractivity contribution in [1.29, 1.82) is 0 Å². The molecule has 0 aliphatic rings. The number of allylic oxidation sites excluding steroid dienone is 1. The van der Waals surface area contributed by atoms with Crippen LogP contribution in [0.5, 0.6) is 0 Å². The molecule has 0 atom stereocenters. The van der Waals surface area contributed by atoms with Gasteiger partial charge in [-0.15, -0.1) is 0 Å². The number of unbranched alkanes of at least 4 members (excludes halogenated alkanes) is 5. The SMILES string of the molecule is C=CC(=O)OCC=CCCCCCCC. The van der Waals surface area contributed by atoms with Gasteiger partial charge < -0.3 is 4.74 Å². The Bertz CT molecular complexity index is 195. The second kappa shape index (κ2) is 11.0. The molecule has 0 aliphatic heterocycles. The molecule has 0 aromatic heterocycles. The molecule has 0 radical (unpaired) electrons. The average Bonchev–Trinajstić information content (AvgIpc) is 2.26. The molecule has 0 rings (SSSR count). The highest BCUT2D eigenvalue weighted by Gasteiger charge is 1.90. The molecule has 0 saturated heterocycles. The quantitative estimate of drug-likeness (QED) is 0.251. The average molecular weight is 210 g/mol. The molecular weight excluding hydrogens is 188 g/mol. The summed E-state index contributed by atoms with van der Waals surface area (Å²) in [6.45, 7) is 5.90. The third kappa shape index (κ3) is 10.9. The molecule has 86 valence electrons. The van der Waals surface area contributed by atoms with Crippen LogP contribution >= 0.6 is 0 Å². The van der Waals surface area contributed by atoms with E-state index in [1.165, 1.54) is 38.2 Å². The van der Waals surface area contributed by atoms with Gasteiger partial charge in [0.05, 0.1) is 0 Å². The summed E-state index contributed by atoms with van der Waals surface area (Å²) in [5.41, 5.74) is 0. The molecule has 0 bridgehead atoms. The third-order valence-corrected chi connectivity index (χ3v) is 2.13. The van der Waals surface area contributed by atoms with Crippen molar-refractivity contribution in [2.24, 2.45) is 0 Å². The van der Waals surface area contributed by atoms with Gasteiger partial charge >= 0.3 is 5.97 Å². The molecule has 0 spiro atoms. The fourth-order valence-corrected chi connectivity index (χ4v) is 1.24. The Balaban J connectivity index is 3.17. The van der Waals surface area contributed by atoms with Crippen LogP contribution in [0, 0.1) is 0 Å². The highest BCUT2D eigenvalue weighted by molar-refractivity contribution is 5.81. The summed E-state index contributed by atoms with van der Waals surface area (Å²) in [5.74, 6) is -0.359. The molecule has 0 aromatic carbocycles. The molecule has 0 aromatic rings. The fourth-order valence-electron chi connectivity index (χ4n) is 1.24. The first-order valence-electron chi connectivity index (χ1n) is 5.75. The van der Waals surface area contributed by atoms with Crippen molar-refractivity contribution in [1.82, 2.24) is 0 Å². The molecular formula is C13H22O2. The largest absolute Gasteiger partial charge is 0.458 e. The Hall–Kier alpha value is -1.05. The molecule has 0 N–H and O–H groups in total. The predicted molar refractivity (Wildman–Crippen MR) is 63.7 cm³/mol. The minimum absolute atomic E-state index is 0.359. The van der Waals surface area contributed by atoms with Crippen LogP contribution in [0.15, 0.2) is 24.8 Å². The first-order valence-corrected chi connectivity index (χ1v) is 5.75. The minimum atomic E-state index is -0.359. The van der Waals surface area contributed by atoms with Gasteiger partial charge in [0.2, 0.25) is 0 Å². The summed E-state index contributed by atoms with van der Waals surface area (Å²) < 4.78 is 4.79. The summed E-state index contributed by atoms with van der Waals surface area (Å²) in [6.07, 6.45) is 12.7. The molecule has 15 heavy (non-hydrogen) atoms. The molecule has 0 unspecified atom stereocenters. The maximum atomic E-state index is 10.6. The lowest BCUT2D eigenvalue weighted by molar-refractivity contribution is -0.136. The standard InChI is InChI=1S/C13H22O2/c1-3-5-6-7-8-9-10-11-12-15-13(14)4-2/h4,10-11H,2-3,5-9,12H2,1H3. The number of hydrogen-bond donors (Lipinski definition) is 0. The summed E-state index contributed by atoms with van der Waals surface area (Å²) in [6, 6.07) is 0. The van der Waals surface area contributed by atoms with Crippen molar-refractivity contribution in [2.75, 3.05) is 6.61 Å². The number of rotatable bonds is 9. The van der Waals surface area contributed by atoms with Gasteiger partial charge in [-0.3, -0.25) is 0 Å². The van der Waals surface area contributed by atoms with Crippen molar-refractivity contribution < 1.29 is 9.53 Å². The Labute approximate surface area is 93.0 Å². The van der Waals surface area contributed by atoms with Gasteiger partial charge in [-0.2, -0.15) is 0 Å². The predicted octanol–water partition coefficient (Wildman–Crippen LogP) is 3.63. The van der Waals surface area contributed by atoms with Crippen molar-refractivity contribution in [3.63, 3.8) is 0 Å². The van der Waals surface area contributed by atoms with Crippen molar-refractivity contribution >= 4 is 5.97 Å². The zero-order valence-electron chi connectivity index (χ0n) is 9.71. The van der Waals surface area contributed by atoms with E-state index in [1.54, 1.807) is 0 Å². The van der Waals surface area contributed by atoms with E-state index in [2.05, 4.69) is 19.6 Å². The minimum Gasteiger partial charge on any atom is -0.458 e. The van der Waals surface area contributed by atoms with E-state index in [1.807, 2.05) is 6.08 Å².